The molecule has 156 valence electrons. The minimum Gasteiger partial charge on any atom is -0.497 e. The van der Waals surface area contributed by atoms with Gasteiger partial charge < -0.3 is 10.1 Å². The Morgan fingerprint density at radius 1 is 1.18 bits per heavy atom. The van der Waals surface area contributed by atoms with Gasteiger partial charge in [0.05, 0.1) is 12.0 Å². The first-order valence-electron chi connectivity index (χ1n) is 9.93. The maximum absolute atomic E-state index is 12.7. The molecule has 6 nitrogen and oxygen atoms in total. The molecule has 1 aromatic rings. The Morgan fingerprint density at radius 3 is 2.46 bits per heavy atom. The minimum atomic E-state index is -3.71. The number of nitrogens with one attached hydrogen (secondary N) is 2. The van der Waals surface area contributed by atoms with Crippen molar-refractivity contribution in [3.05, 3.63) is 35.9 Å². The highest BCUT2D eigenvalue weighted by atomic mass is 32.2. The molecule has 0 saturated heterocycles. The fourth-order valence-corrected chi connectivity index (χ4v) is 4.59. The standard InChI is InChI=1S/C21H32N2O4S/c1-16(2)20(15-21(24)22-14-13-17-7-5-4-6-8-17)23-28(25,26)19-11-9-18(27-3)10-12-19/h7,9-12,16,20,23H,4-6,8,13-15H2,1-3H3,(H,22,24)/t20-/m0/s1. The van der Waals surface area contributed by atoms with Crippen LogP contribution in [0.2, 0.25) is 0 Å². The Bertz CT molecular complexity index is 770. The monoisotopic (exact) mass is 408 g/mol. The lowest BCUT2D eigenvalue weighted by Crippen LogP contribution is -2.42. The number of ether oxygens (including phenoxy) is 1. The van der Waals surface area contributed by atoms with E-state index in [4.69, 9.17) is 4.74 Å². The summed E-state index contributed by atoms with van der Waals surface area (Å²) in [4.78, 5) is 12.5. The predicted octanol–water partition coefficient (Wildman–Crippen LogP) is 3.39. The van der Waals surface area contributed by atoms with Gasteiger partial charge in [0, 0.05) is 19.0 Å². The summed E-state index contributed by atoms with van der Waals surface area (Å²) in [5.74, 6) is 0.444. The van der Waals surface area contributed by atoms with Crippen molar-refractivity contribution in [1.82, 2.24) is 10.0 Å². The first kappa shape index (κ1) is 22.4. The molecule has 1 aliphatic carbocycles. The number of carbonyl (C=O) groups excluding carboxylic acids is 1. The molecule has 1 aromatic carbocycles. The second-order valence-corrected chi connectivity index (χ2v) is 9.27. The molecule has 1 amide bonds. The van der Waals surface area contributed by atoms with Crippen molar-refractivity contribution in [2.24, 2.45) is 5.92 Å². The molecule has 0 spiro atoms. The van der Waals surface area contributed by atoms with E-state index in [1.54, 1.807) is 12.1 Å². The Balaban J connectivity index is 1.90. The van der Waals surface area contributed by atoms with Crippen molar-refractivity contribution in [2.45, 2.75) is 63.3 Å². The van der Waals surface area contributed by atoms with E-state index < -0.39 is 16.1 Å². The number of benzene rings is 1. The summed E-state index contributed by atoms with van der Waals surface area (Å²) in [7, 11) is -2.18. The maximum atomic E-state index is 12.7. The summed E-state index contributed by atoms with van der Waals surface area (Å²) in [5.41, 5.74) is 1.41. The summed E-state index contributed by atoms with van der Waals surface area (Å²) in [6, 6.07) is 5.73. The van der Waals surface area contributed by atoms with Crippen LogP contribution in [0.1, 0.15) is 52.4 Å². The molecule has 28 heavy (non-hydrogen) atoms. The largest absolute Gasteiger partial charge is 0.497 e. The smallest absolute Gasteiger partial charge is 0.240 e. The molecule has 0 heterocycles. The van der Waals surface area contributed by atoms with Crippen LogP contribution in [0.5, 0.6) is 5.75 Å². The van der Waals surface area contributed by atoms with E-state index in [1.165, 1.54) is 37.7 Å². The van der Waals surface area contributed by atoms with Crippen molar-refractivity contribution < 1.29 is 17.9 Å². The molecule has 7 heteroatoms. The maximum Gasteiger partial charge on any atom is 0.240 e. The molecule has 0 bridgehead atoms. The number of allylic oxidation sites excluding steroid dienone is 1. The fourth-order valence-electron chi connectivity index (χ4n) is 3.20. The van der Waals surface area contributed by atoms with Gasteiger partial charge >= 0.3 is 0 Å². The Hall–Kier alpha value is -1.86. The second-order valence-electron chi connectivity index (χ2n) is 7.56. The van der Waals surface area contributed by atoms with Gasteiger partial charge in [-0.3, -0.25) is 4.79 Å². The van der Waals surface area contributed by atoms with Crippen LogP contribution in [0.15, 0.2) is 40.8 Å². The van der Waals surface area contributed by atoms with E-state index in [0.717, 1.165) is 19.3 Å². The lowest BCUT2D eigenvalue weighted by atomic mass is 9.97. The quantitative estimate of drug-likeness (QED) is 0.581. The average molecular weight is 409 g/mol. The van der Waals surface area contributed by atoms with Crippen LogP contribution in [0.4, 0.5) is 0 Å². The molecular weight excluding hydrogens is 376 g/mol. The van der Waals surface area contributed by atoms with Crippen LogP contribution in [-0.2, 0) is 14.8 Å². The molecule has 0 aromatic heterocycles. The Morgan fingerprint density at radius 2 is 1.89 bits per heavy atom. The highest BCUT2D eigenvalue weighted by molar-refractivity contribution is 7.89. The topological polar surface area (TPSA) is 84.5 Å². The molecular formula is C21H32N2O4S. The first-order chi connectivity index (χ1) is 13.3. The van der Waals surface area contributed by atoms with Crippen LogP contribution in [-0.4, -0.2) is 34.0 Å². The van der Waals surface area contributed by atoms with Crippen molar-refractivity contribution >= 4 is 15.9 Å². The van der Waals surface area contributed by atoms with Crippen LogP contribution in [0, 0.1) is 5.92 Å². The third-order valence-electron chi connectivity index (χ3n) is 5.04. The van der Waals surface area contributed by atoms with Crippen molar-refractivity contribution in [2.75, 3.05) is 13.7 Å². The number of carbonyl (C=O) groups is 1. The molecule has 0 unspecified atom stereocenters. The van der Waals surface area contributed by atoms with Crippen LogP contribution < -0.4 is 14.8 Å². The van der Waals surface area contributed by atoms with E-state index in [1.807, 2.05) is 13.8 Å². The number of hydrogen-bond donors (Lipinski definition) is 2. The van der Waals surface area contributed by atoms with Gasteiger partial charge in [-0.2, -0.15) is 0 Å². The number of hydrogen-bond acceptors (Lipinski definition) is 4. The summed E-state index contributed by atoms with van der Waals surface area (Å²) in [6.45, 7) is 4.41. The summed E-state index contributed by atoms with van der Waals surface area (Å²) in [6.07, 6.45) is 7.98. The van der Waals surface area contributed by atoms with Gasteiger partial charge in [0.15, 0.2) is 0 Å². The normalized spacial score (nSPS) is 15.8. The Kier molecular flexibility index (Phi) is 8.51. The van der Waals surface area contributed by atoms with Crippen LogP contribution >= 0.6 is 0 Å². The first-order valence-corrected chi connectivity index (χ1v) is 11.4. The summed E-state index contributed by atoms with van der Waals surface area (Å²) in [5, 5.41) is 2.92. The van der Waals surface area contributed by atoms with Crippen molar-refractivity contribution in [3.63, 3.8) is 0 Å². The van der Waals surface area contributed by atoms with E-state index in [2.05, 4.69) is 16.1 Å². The average Bonchev–Trinajstić information content (AvgIpc) is 2.68. The van der Waals surface area contributed by atoms with Gasteiger partial charge in [-0.1, -0.05) is 25.5 Å². The number of amides is 1. The lowest BCUT2D eigenvalue weighted by molar-refractivity contribution is -0.121. The zero-order chi connectivity index (χ0) is 20.6. The molecule has 0 radical (unpaired) electrons. The van der Waals surface area contributed by atoms with Crippen LogP contribution in [0.3, 0.4) is 0 Å². The van der Waals surface area contributed by atoms with E-state index in [-0.39, 0.29) is 23.1 Å². The second kappa shape index (κ2) is 10.6. The Labute approximate surface area is 168 Å². The van der Waals surface area contributed by atoms with Crippen molar-refractivity contribution in [1.29, 1.82) is 0 Å². The molecule has 0 fully saturated rings. The molecule has 2 N–H and O–H groups in total. The van der Waals surface area contributed by atoms with Gasteiger partial charge in [-0.25, -0.2) is 13.1 Å². The van der Waals surface area contributed by atoms with E-state index in [9.17, 15) is 13.2 Å². The fraction of sp³-hybridized carbons (Fsp3) is 0.571. The summed E-state index contributed by atoms with van der Waals surface area (Å²) >= 11 is 0. The number of methoxy groups -OCH3 is 1. The molecule has 0 saturated carbocycles. The minimum absolute atomic E-state index is 0.0140. The highest BCUT2D eigenvalue weighted by Gasteiger charge is 2.24. The van der Waals surface area contributed by atoms with E-state index in [0.29, 0.717) is 12.3 Å². The van der Waals surface area contributed by atoms with Crippen molar-refractivity contribution in [3.8, 4) is 5.75 Å². The summed E-state index contributed by atoms with van der Waals surface area (Å²) < 4.78 is 33.1. The van der Waals surface area contributed by atoms with Crippen LogP contribution in [0.25, 0.3) is 0 Å². The van der Waals surface area contributed by atoms with Gasteiger partial charge in [-0.15, -0.1) is 0 Å². The predicted molar refractivity (Wildman–Crippen MR) is 111 cm³/mol. The van der Waals surface area contributed by atoms with Gasteiger partial charge in [0.25, 0.3) is 0 Å². The third kappa shape index (κ3) is 6.95. The van der Waals surface area contributed by atoms with Gasteiger partial charge in [-0.05, 0) is 62.3 Å². The van der Waals surface area contributed by atoms with Gasteiger partial charge in [0.2, 0.25) is 15.9 Å². The SMILES string of the molecule is COc1ccc(S(=O)(=O)N[C@@H](CC(=O)NCCC2=CCCCC2)C(C)C)cc1. The highest BCUT2D eigenvalue weighted by Crippen LogP contribution is 2.20. The number of sulfonamides is 1. The third-order valence-corrected chi connectivity index (χ3v) is 6.55. The molecule has 2 rings (SSSR count). The zero-order valence-electron chi connectivity index (χ0n) is 17.0. The lowest BCUT2D eigenvalue weighted by Gasteiger charge is -2.22. The zero-order valence-corrected chi connectivity index (χ0v) is 17.8. The van der Waals surface area contributed by atoms with Gasteiger partial charge in [0.1, 0.15) is 5.75 Å². The molecule has 1 aliphatic rings. The molecule has 0 aliphatic heterocycles. The molecule has 1 atom stereocenters. The van der Waals surface area contributed by atoms with E-state index >= 15 is 0 Å². The number of rotatable bonds is 10.